The molecule has 98 valence electrons. The Morgan fingerprint density at radius 3 is 2.74 bits per heavy atom. The molecule has 2 rings (SSSR count). The summed E-state index contributed by atoms with van der Waals surface area (Å²) in [7, 11) is 0. The third-order valence-corrected chi connectivity index (χ3v) is 3.01. The molecular formula is C12H12N4O3. The largest absolute Gasteiger partial charge is 0.335 e. The standard InChI is InChI=1S/C12H12N4O3/c13-7-8-4-5-10(11(6-8)16(18)19)15-12(17)14-9-2-1-3-9/h4-6,9H,1-3H2,(H2,14,15,17). The first kappa shape index (κ1) is 12.8. The molecule has 7 heteroatoms. The number of nitriles is 1. The maximum Gasteiger partial charge on any atom is 0.319 e. The molecule has 0 unspecified atom stereocenters. The molecule has 1 aromatic rings. The van der Waals surface area contributed by atoms with Crippen molar-refractivity contribution in [1.82, 2.24) is 5.32 Å². The van der Waals surface area contributed by atoms with Gasteiger partial charge in [-0.05, 0) is 31.4 Å². The highest BCUT2D eigenvalue weighted by atomic mass is 16.6. The maximum absolute atomic E-state index is 11.6. The second kappa shape index (κ2) is 5.35. The number of anilines is 1. The zero-order chi connectivity index (χ0) is 13.8. The van der Waals surface area contributed by atoms with Gasteiger partial charge in [0.05, 0.1) is 16.6 Å². The summed E-state index contributed by atoms with van der Waals surface area (Å²) in [5, 5.41) is 24.8. The number of urea groups is 1. The summed E-state index contributed by atoms with van der Waals surface area (Å²) in [5.41, 5.74) is -0.0275. The number of carbonyl (C=O) groups is 1. The van der Waals surface area contributed by atoms with Gasteiger partial charge in [0.15, 0.2) is 0 Å². The Morgan fingerprint density at radius 1 is 1.47 bits per heavy atom. The van der Waals surface area contributed by atoms with E-state index in [1.165, 1.54) is 12.1 Å². The van der Waals surface area contributed by atoms with Crippen LogP contribution in [0.4, 0.5) is 16.2 Å². The minimum atomic E-state index is -0.625. The predicted molar refractivity (Wildman–Crippen MR) is 67.6 cm³/mol. The van der Waals surface area contributed by atoms with Crippen LogP contribution in [0.25, 0.3) is 0 Å². The van der Waals surface area contributed by atoms with Gasteiger partial charge < -0.3 is 10.6 Å². The summed E-state index contributed by atoms with van der Waals surface area (Å²) >= 11 is 0. The quantitative estimate of drug-likeness (QED) is 0.641. The van der Waals surface area contributed by atoms with Crippen LogP contribution in [0.5, 0.6) is 0 Å². The summed E-state index contributed by atoms with van der Waals surface area (Å²) in [6, 6.07) is 5.43. The van der Waals surface area contributed by atoms with E-state index in [-0.39, 0.29) is 23.0 Å². The summed E-state index contributed by atoms with van der Waals surface area (Å²) in [5.74, 6) is 0. The molecule has 1 fully saturated rings. The van der Waals surface area contributed by atoms with E-state index < -0.39 is 11.0 Å². The molecule has 1 aromatic carbocycles. The minimum Gasteiger partial charge on any atom is -0.335 e. The summed E-state index contributed by atoms with van der Waals surface area (Å²) in [6.45, 7) is 0. The lowest BCUT2D eigenvalue weighted by Gasteiger charge is -2.26. The van der Waals surface area contributed by atoms with E-state index in [1.807, 2.05) is 6.07 Å². The molecule has 0 aliphatic heterocycles. The van der Waals surface area contributed by atoms with Crippen molar-refractivity contribution in [2.45, 2.75) is 25.3 Å². The van der Waals surface area contributed by atoms with Gasteiger partial charge in [0.1, 0.15) is 5.69 Å². The number of benzene rings is 1. The lowest BCUT2D eigenvalue weighted by atomic mass is 9.93. The number of nitrogens with one attached hydrogen (secondary N) is 2. The van der Waals surface area contributed by atoms with Crippen LogP contribution in [0.1, 0.15) is 24.8 Å². The Kier molecular flexibility index (Phi) is 3.61. The van der Waals surface area contributed by atoms with Crippen molar-refractivity contribution in [3.05, 3.63) is 33.9 Å². The zero-order valence-corrected chi connectivity index (χ0v) is 10.0. The number of nitrogens with zero attached hydrogens (tertiary/aromatic N) is 2. The van der Waals surface area contributed by atoms with Crippen molar-refractivity contribution in [3.63, 3.8) is 0 Å². The fourth-order valence-electron chi connectivity index (χ4n) is 1.75. The molecule has 1 aliphatic rings. The summed E-state index contributed by atoms with van der Waals surface area (Å²) < 4.78 is 0. The molecule has 19 heavy (non-hydrogen) atoms. The third-order valence-electron chi connectivity index (χ3n) is 3.01. The van der Waals surface area contributed by atoms with Gasteiger partial charge in [-0.1, -0.05) is 0 Å². The Morgan fingerprint density at radius 2 is 2.21 bits per heavy atom. The SMILES string of the molecule is N#Cc1ccc(NC(=O)NC2CCC2)c([N+](=O)[O-])c1. The predicted octanol–water partition coefficient (Wildman–Crippen LogP) is 2.14. The van der Waals surface area contributed by atoms with Crippen LogP contribution < -0.4 is 10.6 Å². The van der Waals surface area contributed by atoms with Gasteiger partial charge in [-0.2, -0.15) is 5.26 Å². The molecule has 0 heterocycles. The Bertz CT molecular complexity index is 561. The molecule has 0 aromatic heterocycles. The Hall–Kier alpha value is -2.62. The van der Waals surface area contributed by atoms with Crippen LogP contribution >= 0.6 is 0 Å². The first-order valence-electron chi connectivity index (χ1n) is 5.86. The number of nitro benzene ring substituents is 1. The van der Waals surface area contributed by atoms with Gasteiger partial charge in [-0.3, -0.25) is 10.1 Å². The van der Waals surface area contributed by atoms with E-state index in [9.17, 15) is 14.9 Å². The van der Waals surface area contributed by atoms with Crippen molar-refractivity contribution < 1.29 is 9.72 Å². The van der Waals surface area contributed by atoms with Crippen molar-refractivity contribution in [2.24, 2.45) is 0 Å². The summed E-state index contributed by atoms with van der Waals surface area (Å²) in [6.07, 6.45) is 2.95. The van der Waals surface area contributed by atoms with E-state index >= 15 is 0 Å². The summed E-state index contributed by atoms with van der Waals surface area (Å²) in [4.78, 5) is 21.9. The van der Waals surface area contributed by atoms with E-state index in [0.29, 0.717) is 0 Å². The maximum atomic E-state index is 11.6. The monoisotopic (exact) mass is 260 g/mol. The van der Waals surface area contributed by atoms with Gasteiger partial charge in [0.2, 0.25) is 0 Å². The highest BCUT2D eigenvalue weighted by Gasteiger charge is 2.21. The van der Waals surface area contributed by atoms with Gasteiger partial charge in [-0.15, -0.1) is 0 Å². The van der Waals surface area contributed by atoms with E-state index in [0.717, 1.165) is 25.3 Å². The van der Waals surface area contributed by atoms with Crippen molar-refractivity contribution in [2.75, 3.05) is 5.32 Å². The average molecular weight is 260 g/mol. The molecular weight excluding hydrogens is 248 g/mol. The van der Waals surface area contributed by atoms with Crippen LogP contribution in [-0.4, -0.2) is 17.0 Å². The number of hydrogen-bond donors (Lipinski definition) is 2. The second-order valence-electron chi connectivity index (χ2n) is 4.33. The highest BCUT2D eigenvalue weighted by Crippen LogP contribution is 2.25. The molecule has 1 aliphatic carbocycles. The number of amides is 2. The second-order valence-corrected chi connectivity index (χ2v) is 4.33. The number of carbonyl (C=O) groups excluding carboxylic acids is 1. The first-order chi connectivity index (χ1) is 9.10. The highest BCUT2D eigenvalue weighted by molar-refractivity contribution is 5.92. The third kappa shape index (κ3) is 2.98. The molecule has 0 radical (unpaired) electrons. The Balaban J connectivity index is 2.12. The zero-order valence-electron chi connectivity index (χ0n) is 10.0. The Labute approximate surface area is 109 Å². The number of rotatable bonds is 3. The van der Waals surface area contributed by atoms with Gasteiger partial charge in [0, 0.05) is 12.1 Å². The topological polar surface area (TPSA) is 108 Å². The molecule has 7 nitrogen and oxygen atoms in total. The van der Waals surface area contributed by atoms with Crippen LogP contribution in [0.15, 0.2) is 18.2 Å². The number of nitro groups is 1. The lowest BCUT2D eigenvalue weighted by molar-refractivity contribution is -0.383. The van der Waals surface area contributed by atoms with Crippen molar-refractivity contribution in [1.29, 1.82) is 5.26 Å². The van der Waals surface area contributed by atoms with E-state index in [2.05, 4.69) is 10.6 Å². The molecule has 0 atom stereocenters. The van der Waals surface area contributed by atoms with Crippen LogP contribution in [-0.2, 0) is 0 Å². The normalized spacial score (nSPS) is 14.1. The molecule has 0 spiro atoms. The van der Waals surface area contributed by atoms with Gasteiger partial charge in [-0.25, -0.2) is 4.79 Å². The van der Waals surface area contributed by atoms with Crippen molar-refractivity contribution in [3.8, 4) is 6.07 Å². The van der Waals surface area contributed by atoms with E-state index in [1.54, 1.807) is 0 Å². The molecule has 0 saturated heterocycles. The first-order valence-corrected chi connectivity index (χ1v) is 5.86. The van der Waals surface area contributed by atoms with Crippen LogP contribution in [0.3, 0.4) is 0 Å². The molecule has 2 amide bonds. The molecule has 1 saturated carbocycles. The minimum absolute atomic E-state index is 0.0841. The lowest BCUT2D eigenvalue weighted by Crippen LogP contribution is -2.41. The smallest absolute Gasteiger partial charge is 0.319 e. The molecule has 2 N–H and O–H groups in total. The average Bonchev–Trinajstić information content (AvgIpc) is 2.34. The molecule has 0 bridgehead atoms. The van der Waals surface area contributed by atoms with Crippen LogP contribution in [0, 0.1) is 21.4 Å². The number of hydrogen-bond acceptors (Lipinski definition) is 4. The fraction of sp³-hybridized carbons (Fsp3) is 0.333. The fourth-order valence-corrected chi connectivity index (χ4v) is 1.75. The van der Waals surface area contributed by atoms with Gasteiger partial charge >= 0.3 is 6.03 Å². The van der Waals surface area contributed by atoms with Crippen LogP contribution in [0.2, 0.25) is 0 Å². The van der Waals surface area contributed by atoms with Gasteiger partial charge in [0.25, 0.3) is 5.69 Å². The van der Waals surface area contributed by atoms with Crippen molar-refractivity contribution >= 4 is 17.4 Å². The van der Waals surface area contributed by atoms with E-state index in [4.69, 9.17) is 5.26 Å².